The van der Waals surface area contributed by atoms with E-state index in [1.54, 1.807) is 13.1 Å². The number of oxazole rings is 1. The largest absolute Gasteiger partial charge is 0.419 e. The third-order valence-electron chi connectivity index (χ3n) is 5.76. The van der Waals surface area contributed by atoms with Gasteiger partial charge in [0, 0.05) is 20.0 Å². The van der Waals surface area contributed by atoms with Crippen LogP contribution in [0, 0.1) is 11.3 Å². The Bertz CT molecular complexity index is 1220. The van der Waals surface area contributed by atoms with Crippen LogP contribution in [0.15, 0.2) is 51.7 Å². The van der Waals surface area contributed by atoms with Crippen molar-refractivity contribution >= 4 is 17.0 Å². The second-order valence-corrected chi connectivity index (χ2v) is 8.17. The van der Waals surface area contributed by atoms with E-state index in [0.29, 0.717) is 37.0 Å². The van der Waals surface area contributed by atoms with Crippen molar-refractivity contribution < 1.29 is 19.1 Å². The molecule has 1 saturated heterocycles. The third-order valence-corrected chi connectivity index (χ3v) is 5.76. The van der Waals surface area contributed by atoms with E-state index in [1.165, 1.54) is 4.57 Å². The summed E-state index contributed by atoms with van der Waals surface area (Å²) in [5.74, 6) is -0.780. The van der Waals surface area contributed by atoms with E-state index in [-0.39, 0.29) is 12.5 Å². The van der Waals surface area contributed by atoms with Crippen LogP contribution in [0.1, 0.15) is 12.0 Å². The van der Waals surface area contributed by atoms with E-state index in [9.17, 15) is 20.0 Å². The fourth-order valence-electron chi connectivity index (χ4n) is 3.81. The van der Waals surface area contributed by atoms with Crippen LogP contribution in [0.3, 0.4) is 0 Å². The van der Waals surface area contributed by atoms with Crippen molar-refractivity contribution in [3.63, 3.8) is 0 Å². The lowest BCUT2D eigenvalue weighted by molar-refractivity contribution is -0.135. The zero-order valence-corrected chi connectivity index (χ0v) is 18.3. The van der Waals surface area contributed by atoms with E-state index in [2.05, 4.69) is 16.7 Å². The lowest BCUT2D eigenvalue weighted by Gasteiger charge is -2.24. The molecule has 3 atom stereocenters. The molecular formula is C24H26N4O5. The molecule has 2 heterocycles. The number of nitrogens with zero attached hydrogens (tertiary/aromatic N) is 2. The van der Waals surface area contributed by atoms with Gasteiger partial charge in [0.05, 0.1) is 24.3 Å². The summed E-state index contributed by atoms with van der Waals surface area (Å²) in [6.45, 7) is 1.03. The molecule has 9 heteroatoms. The second kappa shape index (κ2) is 10.0. The first-order chi connectivity index (χ1) is 15.9. The number of benzene rings is 2. The Balaban J connectivity index is 1.41. The quantitative estimate of drug-likeness (QED) is 0.531. The number of fused-ring (bicyclic) bond motifs is 1. The van der Waals surface area contributed by atoms with Gasteiger partial charge in [-0.05, 0) is 41.8 Å². The van der Waals surface area contributed by atoms with Gasteiger partial charge in [0.1, 0.15) is 12.1 Å². The molecule has 2 unspecified atom stereocenters. The molecule has 1 fully saturated rings. The first-order valence-electron chi connectivity index (χ1n) is 10.8. The highest BCUT2D eigenvalue weighted by Gasteiger charge is 2.24. The van der Waals surface area contributed by atoms with Crippen molar-refractivity contribution in [1.29, 1.82) is 5.26 Å². The van der Waals surface area contributed by atoms with Crippen molar-refractivity contribution in [1.82, 2.24) is 15.2 Å². The predicted molar refractivity (Wildman–Crippen MR) is 121 cm³/mol. The molecule has 3 N–H and O–H groups in total. The predicted octanol–water partition coefficient (Wildman–Crippen LogP) is 1.09. The Morgan fingerprint density at radius 3 is 2.82 bits per heavy atom. The number of aromatic nitrogens is 1. The Hall–Kier alpha value is -3.45. The molecule has 1 aromatic heterocycles. The summed E-state index contributed by atoms with van der Waals surface area (Å²) in [7, 11) is 1.66. The number of nitrogens with one attached hydrogen (secondary N) is 2. The fraction of sp³-hybridized carbons (Fsp3) is 0.375. The molecule has 1 aliphatic heterocycles. The van der Waals surface area contributed by atoms with Crippen molar-refractivity contribution in [3.8, 4) is 17.2 Å². The summed E-state index contributed by atoms with van der Waals surface area (Å²) in [6.07, 6.45) is -0.454. The third kappa shape index (κ3) is 5.31. The Kier molecular flexibility index (Phi) is 6.89. The molecule has 4 rings (SSSR count). The smallest absolute Gasteiger partial charge is 0.408 e. The van der Waals surface area contributed by atoms with Gasteiger partial charge in [-0.3, -0.25) is 9.36 Å². The topological polar surface area (TPSA) is 130 Å². The van der Waals surface area contributed by atoms with Crippen LogP contribution in [0.5, 0.6) is 0 Å². The minimum atomic E-state index is -0.757. The number of aliphatic hydroxyl groups excluding tert-OH is 1. The number of carbonyl (C=O) groups excluding carboxylic acids is 1. The average molecular weight is 450 g/mol. The minimum absolute atomic E-state index is 0.0945. The number of aryl methyl sites for hydroxylation is 1. The highest BCUT2D eigenvalue weighted by molar-refractivity contribution is 5.82. The maximum Gasteiger partial charge on any atom is 0.419 e. The molecule has 0 spiro atoms. The van der Waals surface area contributed by atoms with Gasteiger partial charge in [0.2, 0.25) is 0 Å². The van der Waals surface area contributed by atoms with Crippen LogP contribution >= 0.6 is 0 Å². The maximum absolute atomic E-state index is 12.6. The maximum atomic E-state index is 12.6. The van der Waals surface area contributed by atoms with Crippen LogP contribution in [0.2, 0.25) is 0 Å². The number of amides is 1. The van der Waals surface area contributed by atoms with Gasteiger partial charge in [-0.15, -0.1) is 0 Å². The summed E-state index contributed by atoms with van der Waals surface area (Å²) in [6, 6.07) is 14.7. The molecule has 0 aliphatic carbocycles. The molecule has 172 valence electrons. The highest BCUT2D eigenvalue weighted by atomic mass is 16.5. The fourth-order valence-corrected chi connectivity index (χ4v) is 3.81. The standard InChI is InChI=1S/C24H26N4O5/c1-28-20-11-17(6-7-21(20)33-24(28)31)16-4-2-15(3-5-16)10-18(12-25)27-23(30)22-13-26-9-8-19(29)14-32-22/h2-7,11,18-19,22,26,29H,8-10,13-14H2,1H3,(H,27,30)/t18-,19?,22?/m0/s1. The Morgan fingerprint density at radius 1 is 1.30 bits per heavy atom. The van der Waals surface area contributed by atoms with Crippen molar-refractivity contribution in [2.45, 2.75) is 31.1 Å². The van der Waals surface area contributed by atoms with E-state index >= 15 is 0 Å². The normalized spacial score (nSPS) is 19.9. The average Bonchev–Trinajstić information content (AvgIpc) is 3.09. The van der Waals surface area contributed by atoms with Crippen LogP contribution in [0.4, 0.5) is 0 Å². The zero-order valence-electron chi connectivity index (χ0n) is 18.3. The van der Waals surface area contributed by atoms with E-state index in [0.717, 1.165) is 16.7 Å². The number of aliphatic hydroxyl groups is 1. The molecule has 1 amide bonds. The molecule has 0 saturated carbocycles. The second-order valence-electron chi connectivity index (χ2n) is 8.17. The molecular weight excluding hydrogens is 424 g/mol. The van der Waals surface area contributed by atoms with Crippen molar-refractivity contribution in [2.75, 3.05) is 19.7 Å². The minimum Gasteiger partial charge on any atom is -0.408 e. The lowest BCUT2D eigenvalue weighted by atomic mass is 10.0. The molecule has 0 bridgehead atoms. The molecule has 33 heavy (non-hydrogen) atoms. The highest BCUT2D eigenvalue weighted by Crippen LogP contribution is 2.24. The Labute approximate surface area is 190 Å². The molecule has 2 aromatic carbocycles. The monoisotopic (exact) mass is 450 g/mol. The lowest BCUT2D eigenvalue weighted by Crippen LogP contribution is -2.49. The SMILES string of the molecule is Cn1c(=O)oc2ccc(-c3ccc(C[C@@H](C#N)NC(=O)C4CNCCC(O)CO4)cc3)cc21. The van der Waals surface area contributed by atoms with E-state index < -0.39 is 24.0 Å². The van der Waals surface area contributed by atoms with E-state index in [1.807, 2.05) is 36.4 Å². The van der Waals surface area contributed by atoms with Crippen LogP contribution in [-0.4, -0.2) is 53.5 Å². The molecule has 9 nitrogen and oxygen atoms in total. The molecule has 1 aliphatic rings. The number of hydrogen-bond acceptors (Lipinski definition) is 7. The van der Waals surface area contributed by atoms with E-state index in [4.69, 9.17) is 9.15 Å². The summed E-state index contributed by atoms with van der Waals surface area (Å²) in [4.78, 5) is 24.3. The van der Waals surface area contributed by atoms with Gasteiger partial charge >= 0.3 is 5.76 Å². The number of rotatable bonds is 5. The summed E-state index contributed by atoms with van der Waals surface area (Å²) in [5, 5.41) is 25.1. The van der Waals surface area contributed by atoms with Gasteiger partial charge in [0.15, 0.2) is 5.58 Å². The van der Waals surface area contributed by atoms with Crippen molar-refractivity contribution in [2.24, 2.45) is 7.05 Å². The van der Waals surface area contributed by atoms with Gasteiger partial charge in [-0.25, -0.2) is 4.79 Å². The number of carbonyl (C=O) groups is 1. The van der Waals surface area contributed by atoms with Gasteiger partial charge in [-0.1, -0.05) is 30.3 Å². The number of hydrogen-bond donors (Lipinski definition) is 3. The first-order valence-corrected chi connectivity index (χ1v) is 10.8. The van der Waals surface area contributed by atoms with Gasteiger partial charge in [-0.2, -0.15) is 5.26 Å². The summed E-state index contributed by atoms with van der Waals surface area (Å²) >= 11 is 0. The number of ether oxygens (including phenoxy) is 1. The Morgan fingerprint density at radius 2 is 2.06 bits per heavy atom. The number of nitriles is 1. The molecule has 0 radical (unpaired) electrons. The van der Waals surface area contributed by atoms with Crippen molar-refractivity contribution in [3.05, 3.63) is 58.6 Å². The van der Waals surface area contributed by atoms with Gasteiger partial charge < -0.3 is 24.9 Å². The molecule has 3 aromatic rings. The first kappa shape index (κ1) is 22.7. The van der Waals surface area contributed by atoms with Crippen LogP contribution < -0.4 is 16.4 Å². The van der Waals surface area contributed by atoms with Crippen LogP contribution in [0.25, 0.3) is 22.2 Å². The van der Waals surface area contributed by atoms with Gasteiger partial charge in [0.25, 0.3) is 5.91 Å². The van der Waals surface area contributed by atoms with Crippen LogP contribution in [-0.2, 0) is 23.0 Å². The summed E-state index contributed by atoms with van der Waals surface area (Å²) < 4.78 is 12.1. The summed E-state index contributed by atoms with van der Waals surface area (Å²) in [5.41, 5.74) is 4.04. The zero-order chi connectivity index (χ0) is 23.4.